The zero-order valence-electron chi connectivity index (χ0n) is 22.4. The van der Waals surface area contributed by atoms with Crippen LogP contribution in [0.5, 0.6) is 0 Å². The van der Waals surface area contributed by atoms with Gasteiger partial charge < -0.3 is 14.6 Å². The smallest absolute Gasteiger partial charge is 0.201 e. The van der Waals surface area contributed by atoms with Crippen molar-refractivity contribution in [3.63, 3.8) is 0 Å². The molecule has 5 aliphatic rings. The highest BCUT2D eigenvalue weighted by Crippen LogP contribution is 2.60. The van der Waals surface area contributed by atoms with Crippen molar-refractivity contribution in [1.29, 1.82) is 0 Å². The molecule has 4 saturated heterocycles. The van der Waals surface area contributed by atoms with Gasteiger partial charge in [0.05, 0.1) is 12.2 Å². The molecule has 1 spiro atoms. The first-order valence-electron chi connectivity index (χ1n) is 14.8. The lowest BCUT2D eigenvalue weighted by Crippen LogP contribution is -2.70. The Hall–Kier alpha value is -0.200. The van der Waals surface area contributed by atoms with Crippen LogP contribution in [0.2, 0.25) is 0 Å². The second kappa shape index (κ2) is 11.9. The van der Waals surface area contributed by atoms with Gasteiger partial charge in [0, 0.05) is 12.3 Å². The maximum Gasteiger partial charge on any atom is 0.201 e. The molecular weight excluding hydrogens is 428 g/mol. The van der Waals surface area contributed by atoms with Crippen molar-refractivity contribution in [2.24, 2.45) is 23.7 Å². The quantitative estimate of drug-likeness (QED) is 0.221. The van der Waals surface area contributed by atoms with E-state index in [1.54, 1.807) is 0 Å². The Morgan fingerprint density at radius 3 is 2.24 bits per heavy atom. The van der Waals surface area contributed by atoms with Crippen molar-refractivity contribution < 1.29 is 24.4 Å². The molecule has 5 fully saturated rings. The molecule has 1 N–H and O–H groups in total. The maximum absolute atomic E-state index is 10.9. The van der Waals surface area contributed by atoms with E-state index in [2.05, 4.69) is 20.8 Å². The summed E-state index contributed by atoms with van der Waals surface area (Å²) in [6, 6.07) is 0. The highest BCUT2D eigenvalue weighted by molar-refractivity contribution is 5.09. The molecule has 5 heteroatoms. The Balaban J connectivity index is 1.24. The van der Waals surface area contributed by atoms with Gasteiger partial charge in [-0.25, -0.2) is 9.78 Å². The molecule has 0 unspecified atom stereocenters. The van der Waals surface area contributed by atoms with Gasteiger partial charge in [-0.15, -0.1) is 0 Å². The van der Waals surface area contributed by atoms with Gasteiger partial charge in [0.25, 0.3) is 0 Å². The van der Waals surface area contributed by atoms with Crippen molar-refractivity contribution in [2.75, 3.05) is 0 Å². The van der Waals surface area contributed by atoms with Gasteiger partial charge in [0.15, 0.2) is 11.9 Å². The zero-order valence-corrected chi connectivity index (χ0v) is 22.4. The molecule has 1 saturated carbocycles. The van der Waals surface area contributed by atoms with Gasteiger partial charge in [-0.2, -0.15) is 0 Å². The zero-order chi connectivity index (χ0) is 24.2. The van der Waals surface area contributed by atoms with E-state index in [4.69, 9.17) is 19.2 Å². The largest absolute Gasteiger partial charge is 0.393 e. The minimum Gasteiger partial charge on any atom is -0.393 e. The van der Waals surface area contributed by atoms with E-state index in [-0.39, 0.29) is 12.2 Å². The summed E-state index contributed by atoms with van der Waals surface area (Å²) in [6.07, 6.45) is 18.4. The number of hydrogen-bond acceptors (Lipinski definition) is 5. The number of fused-ring (bicyclic) bond motifs is 2. The van der Waals surface area contributed by atoms with Crippen LogP contribution >= 0.6 is 0 Å². The summed E-state index contributed by atoms with van der Waals surface area (Å²) >= 11 is 0. The summed E-state index contributed by atoms with van der Waals surface area (Å²) in [6.45, 7) is 8.90. The summed E-state index contributed by atoms with van der Waals surface area (Å²) in [5, 5.41) is 10.9. The molecule has 0 radical (unpaired) electrons. The standard InChI is InChI=1S/C29H52O5/c1-5-6-7-8-9-10-11-12-13-14-15-23(30)20-26-22(3)25-17-16-21(2)24-18-19-28(4)32-27(31-26)29(24,25)34-33-28/h21-27,30H,5-20H2,1-4H3/t21-,22-,23+,24+,25+,26-,27-,28-,29-/m1/s1. The van der Waals surface area contributed by atoms with Crippen LogP contribution in [-0.4, -0.2) is 35.0 Å². The SMILES string of the molecule is CCCCCCCCCCCC[C@H](O)C[C@H]1O[C@@H]2O[C@@]3(C)CC[C@H]4[C@H](C)CC[C@@H]([C@H]1C)[C@@]24OO3. The van der Waals surface area contributed by atoms with Gasteiger partial charge in [-0.05, 0) is 56.8 Å². The van der Waals surface area contributed by atoms with Crippen molar-refractivity contribution in [2.45, 2.75) is 160 Å². The van der Waals surface area contributed by atoms with Crippen molar-refractivity contribution in [1.82, 2.24) is 0 Å². The number of hydrogen-bond donors (Lipinski definition) is 1. The summed E-state index contributed by atoms with van der Waals surface area (Å²) < 4.78 is 13.1. The second-order valence-corrected chi connectivity index (χ2v) is 12.3. The van der Waals surface area contributed by atoms with Crippen LogP contribution in [0.1, 0.15) is 130 Å². The fourth-order valence-corrected chi connectivity index (χ4v) is 7.50. The molecule has 2 bridgehead atoms. The van der Waals surface area contributed by atoms with Crippen LogP contribution in [0.4, 0.5) is 0 Å². The number of unbranched alkanes of at least 4 members (excludes halogenated alkanes) is 9. The van der Waals surface area contributed by atoms with E-state index in [1.165, 1.54) is 64.2 Å². The van der Waals surface area contributed by atoms with Gasteiger partial charge in [-0.1, -0.05) is 85.0 Å². The minimum atomic E-state index is -0.725. The highest BCUT2D eigenvalue weighted by Gasteiger charge is 2.69. The number of aliphatic hydroxyl groups is 1. The summed E-state index contributed by atoms with van der Waals surface area (Å²) in [7, 11) is 0. The van der Waals surface area contributed by atoms with Gasteiger partial charge in [0.1, 0.15) is 0 Å². The van der Waals surface area contributed by atoms with Crippen LogP contribution in [0.25, 0.3) is 0 Å². The van der Waals surface area contributed by atoms with E-state index in [9.17, 15) is 5.11 Å². The monoisotopic (exact) mass is 480 g/mol. The van der Waals surface area contributed by atoms with Gasteiger partial charge in [0.2, 0.25) is 5.79 Å². The Morgan fingerprint density at radius 1 is 0.853 bits per heavy atom. The third kappa shape index (κ3) is 5.69. The third-order valence-electron chi connectivity index (χ3n) is 9.69. The molecule has 4 aliphatic heterocycles. The average Bonchev–Trinajstić information content (AvgIpc) is 3.04. The van der Waals surface area contributed by atoms with Gasteiger partial charge in [-0.3, -0.25) is 0 Å². The molecule has 0 aromatic heterocycles. The molecule has 0 amide bonds. The fourth-order valence-electron chi connectivity index (χ4n) is 7.50. The molecule has 1 aliphatic carbocycles. The van der Waals surface area contributed by atoms with E-state index in [0.717, 1.165) is 32.1 Å². The van der Waals surface area contributed by atoms with E-state index in [1.807, 2.05) is 6.92 Å². The van der Waals surface area contributed by atoms with Crippen LogP contribution in [-0.2, 0) is 19.2 Å². The number of aliphatic hydroxyl groups excluding tert-OH is 1. The first-order chi connectivity index (χ1) is 16.4. The predicted octanol–water partition coefficient (Wildman–Crippen LogP) is 7.30. The fraction of sp³-hybridized carbons (Fsp3) is 1.00. The summed E-state index contributed by atoms with van der Waals surface area (Å²) in [4.78, 5) is 12.1. The van der Waals surface area contributed by atoms with Crippen LogP contribution in [0, 0.1) is 23.7 Å². The number of ether oxygens (including phenoxy) is 2. The third-order valence-corrected chi connectivity index (χ3v) is 9.69. The lowest BCUT2D eigenvalue weighted by Gasteiger charge is -2.60. The molecule has 9 atom stereocenters. The van der Waals surface area contributed by atoms with Crippen LogP contribution in [0.3, 0.4) is 0 Å². The molecule has 4 heterocycles. The van der Waals surface area contributed by atoms with E-state index < -0.39 is 17.7 Å². The first kappa shape index (κ1) is 26.9. The molecule has 34 heavy (non-hydrogen) atoms. The predicted molar refractivity (Wildman–Crippen MR) is 134 cm³/mol. The topological polar surface area (TPSA) is 57.2 Å². The van der Waals surface area contributed by atoms with Crippen LogP contribution in [0.15, 0.2) is 0 Å². The van der Waals surface area contributed by atoms with Gasteiger partial charge >= 0.3 is 0 Å². The molecule has 198 valence electrons. The Morgan fingerprint density at radius 2 is 1.53 bits per heavy atom. The summed E-state index contributed by atoms with van der Waals surface area (Å²) in [5.74, 6) is 0.936. The Bertz CT molecular complexity index is 628. The first-order valence-corrected chi connectivity index (χ1v) is 14.8. The maximum atomic E-state index is 10.9. The molecular formula is C29H52O5. The number of rotatable bonds is 13. The lowest BCUT2D eigenvalue weighted by atomic mass is 9.57. The van der Waals surface area contributed by atoms with Crippen molar-refractivity contribution in [3.05, 3.63) is 0 Å². The molecule has 0 aromatic carbocycles. The van der Waals surface area contributed by atoms with E-state index in [0.29, 0.717) is 30.1 Å². The van der Waals surface area contributed by atoms with E-state index >= 15 is 0 Å². The molecule has 0 aromatic rings. The minimum absolute atomic E-state index is 0.0133. The molecule has 5 nitrogen and oxygen atoms in total. The summed E-state index contributed by atoms with van der Waals surface area (Å²) in [5.41, 5.74) is -0.495. The highest BCUT2D eigenvalue weighted by atomic mass is 17.3. The normalized spacial score (nSPS) is 42.3. The van der Waals surface area contributed by atoms with Crippen molar-refractivity contribution >= 4 is 0 Å². The Labute approximate surface area is 208 Å². The lowest BCUT2D eigenvalue weighted by molar-refractivity contribution is -0.571. The second-order valence-electron chi connectivity index (χ2n) is 12.3. The Kier molecular flexibility index (Phi) is 9.40. The molecule has 5 rings (SSSR count). The van der Waals surface area contributed by atoms with Crippen LogP contribution < -0.4 is 0 Å². The average molecular weight is 481 g/mol. The van der Waals surface area contributed by atoms with Crippen molar-refractivity contribution in [3.8, 4) is 0 Å².